The fourth-order valence-corrected chi connectivity index (χ4v) is 4.56. The van der Waals surface area contributed by atoms with Crippen LogP contribution in [0.2, 0.25) is 0 Å². The van der Waals surface area contributed by atoms with Crippen LogP contribution >= 0.6 is 0 Å². The van der Waals surface area contributed by atoms with E-state index in [9.17, 15) is 18.0 Å². The summed E-state index contributed by atoms with van der Waals surface area (Å²) >= 11 is 0. The lowest BCUT2D eigenvalue weighted by atomic mass is 10.3. The molecule has 1 aromatic heterocycles. The largest absolute Gasteiger partial charge is 0.355 e. The molecule has 160 valence electrons. The van der Waals surface area contributed by atoms with Gasteiger partial charge in [0.2, 0.25) is 21.8 Å². The standard InChI is InChI=1S/C19H29N5O4S/c1-5-20-19(26)13-21-18(25)11-10-17-22-15-12-14(8-9-16(15)23(17)4)29(27,28)24(6-2)7-3/h8-9,12H,5-7,10-11,13H2,1-4H3,(H,20,26)(H,21,25). The van der Waals surface area contributed by atoms with Gasteiger partial charge in [-0.15, -0.1) is 0 Å². The van der Waals surface area contributed by atoms with E-state index in [4.69, 9.17) is 0 Å². The molecule has 1 aromatic carbocycles. The molecule has 1 heterocycles. The summed E-state index contributed by atoms with van der Waals surface area (Å²) in [5, 5.41) is 5.18. The van der Waals surface area contributed by atoms with Gasteiger partial charge in [-0.25, -0.2) is 13.4 Å². The van der Waals surface area contributed by atoms with Gasteiger partial charge in [-0.1, -0.05) is 13.8 Å². The number of carbonyl (C=O) groups excluding carboxylic acids is 2. The molecule has 2 N–H and O–H groups in total. The van der Waals surface area contributed by atoms with E-state index < -0.39 is 10.0 Å². The van der Waals surface area contributed by atoms with Gasteiger partial charge < -0.3 is 15.2 Å². The van der Waals surface area contributed by atoms with E-state index in [2.05, 4.69) is 15.6 Å². The summed E-state index contributed by atoms with van der Waals surface area (Å²) in [6, 6.07) is 4.89. The van der Waals surface area contributed by atoms with Crippen LogP contribution in [0.15, 0.2) is 23.1 Å². The highest BCUT2D eigenvalue weighted by Gasteiger charge is 2.22. The molecule has 0 fully saturated rings. The topological polar surface area (TPSA) is 113 Å². The predicted octanol–water partition coefficient (Wildman–Crippen LogP) is 0.789. The first kappa shape index (κ1) is 22.8. The van der Waals surface area contributed by atoms with Crippen molar-refractivity contribution in [2.75, 3.05) is 26.2 Å². The van der Waals surface area contributed by atoms with Crippen LogP contribution in [0.3, 0.4) is 0 Å². The van der Waals surface area contributed by atoms with Gasteiger partial charge in [0.1, 0.15) is 5.82 Å². The van der Waals surface area contributed by atoms with Gasteiger partial charge in [-0.2, -0.15) is 4.31 Å². The third kappa shape index (κ3) is 5.33. The van der Waals surface area contributed by atoms with Crippen molar-refractivity contribution in [3.63, 3.8) is 0 Å². The number of nitrogens with zero attached hydrogens (tertiary/aromatic N) is 3. The van der Waals surface area contributed by atoms with Crippen molar-refractivity contribution in [2.24, 2.45) is 7.05 Å². The highest BCUT2D eigenvalue weighted by molar-refractivity contribution is 7.89. The van der Waals surface area contributed by atoms with Crippen LogP contribution in [0.25, 0.3) is 11.0 Å². The number of nitrogens with one attached hydrogen (secondary N) is 2. The van der Waals surface area contributed by atoms with E-state index in [1.807, 2.05) is 18.5 Å². The van der Waals surface area contributed by atoms with Gasteiger partial charge in [0.15, 0.2) is 0 Å². The van der Waals surface area contributed by atoms with Crippen LogP contribution in [0.1, 0.15) is 33.0 Å². The maximum atomic E-state index is 12.7. The first-order chi connectivity index (χ1) is 13.7. The average Bonchev–Trinajstić information content (AvgIpc) is 3.01. The molecule has 0 aliphatic carbocycles. The Labute approximate surface area is 171 Å². The Morgan fingerprint density at radius 1 is 1.10 bits per heavy atom. The van der Waals surface area contributed by atoms with Gasteiger partial charge in [0.25, 0.3) is 0 Å². The Kier molecular flexibility index (Phi) is 7.74. The number of benzene rings is 1. The van der Waals surface area contributed by atoms with Crippen LogP contribution < -0.4 is 10.6 Å². The molecular formula is C19H29N5O4S. The zero-order valence-corrected chi connectivity index (χ0v) is 18.2. The summed E-state index contributed by atoms with van der Waals surface area (Å²) < 4.78 is 28.7. The lowest BCUT2D eigenvalue weighted by Crippen LogP contribution is -2.36. The van der Waals surface area contributed by atoms with E-state index in [1.165, 1.54) is 4.31 Å². The fraction of sp³-hybridized carbons (Fsp3) is 0.526. The van der Waals surface area contributed by atoms with Crippen molar-refractivity contribution < 1.29 is 18.0 Å². The summed E-state index contributed by atoms with van der Waals surface area (Å²) in [4.78, 5) is 28.1. The number of hydrogen-bond donors (Lipinski definition) is 2. The second kappa shape index (κ2) is 9.84. The Morgan fingerprint density at radius 3 is 2.41 bits per heavy atom. The molecule has 29 heavy (non-hydrogen) atoms. The molecule has 10 heteroatoms. The Bertz CT molecular complexity index is 980. The fourth-order valence-electron chi connectivity index (χ4n) is 3.08. The van der Waals surface area contributed by atoms with E-state index in [0.717, 1.165) is 5.52 Å². The van der Waals surface area contributed by atoms with Crippen LogP contribution in [0.5, 0.6) is 0 Å². The molecule has 0 radical (unpaired) electrons. The average molecular weight is 424 g/mol. The number of carbonyl (C=O) groups is 2. The van der Waals surface area contributed by atoms with E-state index in [1.54, 1.807) is 32.0 Å². The van der Waals surface area contributed by atoms with Gasteiger partial charge in [0.05, 0.1) is 22.5 Å². The highest BCUT2D eigenvalue weighted by Crippen LogP contribution is 2.22. The number of aryl methyl sites for hydroxylation is 2. The predicted molar refractivity (Wildman–Crippen MR) is 111 cm³/mol. The minimum Gasteiger partial charge on any atom is -0.355 e. The lowest BCUT2D eigenvalue weighted by molar-refractivity contribution is -0.126. The molecule has 0 spiro atoms. The second-order valence-electron chi connectivity index (χ2n) is 6.56. The Balaban J connectivity index is 2.13. The molecule has 2 rings (SSSR count). The number of fused-ring (bicyclic) bond motifs is 1. The first-order valence-electron chi connectivity index (χ1n) is 9.73. The normalized spacial score (nSPS) is 11.8. The Morgan fingerprint density at radius 2 is 1.79 bits per heavy atom. The maximum absolute atomic E-state index is 12.7. The summed E-state index contributed by atoms with van der Waals surface area (Å²) in [5.41, 5.74) is 1.36. The number of amides is 2. The number of aromatic nitrogens is 2. The molecule has 0 aliphatic rings. The van der Waals surface area contributed by atoms with Gasteiger partial charge in [-0.05, 0) is 25.1 Å². The molecule has 0 atom stereocenters. The van der Waals surface area contributed by atoms with Crippen LogP contribution in [0, 0.1) is 0 Å². The molecule has 2 aromatic rings. The molecule has 9 nitrogen and oxygen atoms in total. The molecule has 0 aliphatic heterocycles. The second-order valence-corrected chi connectivity index (χ2v) is 8.50. The zero-order chi connectivity index (χ0) is 21.6. The SMILES string of the molecule is CCNC(=O)CNC(=O)CCc1nc2cc(S(=O)(=O)N(CC)CC)ccc2n1C. The van der Waals surface area contributed by atoms with E-state index >= 15 is 0 Å². The van der Waals surface area contributed by atoms with Crippen LogP contribution in [-0.4, -0.2) is 60.3 Å². The number of hydrogen-bond acceptors (Lipinski definition) is 5. The smallest absolute Gasteiger partial charge is 0.243 e. The van der Waals surface area contributed by atoms with Crippen molar-refractivity contribution in [3.05, 3.63) is 24.0 Å². The molecule has 0 bridgehead atoms. The number of imidazole rings is 1. The number of sulfonamides is 1. The summed E-state index contributed by atoms with van der Waals surface area (Å²) in [6.07, 6.45) is 0.561. The van der Waals surface area contributed by atoms with Crippen molar-refractivity contribution in [1.29, 1.82) is 0 Å². The zero-order valence-electron chi connectivity index (χ0n) is 17.4. The van der Waals surface area contributed by atoms with Crippen LogP contribution in [-0.2, 0) is 33.1 Å². The van der Waals surface area contributed by atoms with Gasteiger partial charge >= 0.3 is 0 Å². The maximum Gasteiger partial charge on any atom is 0.243 e. The molecule has 0 saturated carbocycles. The van der Waals surface area contributed by atoms with Crippen molar-refractivity contribution in [3.8, 4) is 0 Å². The summed E-state index contributed by atoms with van der Waals surface area (Å²) in [6.45, 7) is 6.67. The molecule has 0 unspecified atom stereocenters. The molecular weight excluding hydrogens is 394 g/mol. The van der Waals surface area contributed by atoms with E-state index in [0.29, 0.717) is 37.4 Å². The van der Waals surface area contributed by atoms with Crippen LogP contribution in [0.4, 0.5) is 0 Å². The Hall–Kier alpha value is -2.46. The number of likely N-dealkylation sites (N-methyl/N-ethyl adjacent to an activating group) is 1. The van der Waals surface area contributed by atoms with Crippen molar-refractivity contribution in [1.82, 2.24) is 24.5 Å². The van der Waals surface area contributed by atoms with Crippen molar-refractivity contribution >= 4 is 32.9 Å². The third-order valence-corrected chi connectivity index (χ3v) is 6.73. The number of rotatable bonds is 10. The quantitative estimate of drug-likeness (QED) is 0.587. The first-order valence-corrected chi connectivity index (χ1v) is 11.2. The minimum absolute atomic E-state index is 0.0538. The monoisotopic (exact) mass is 423 g/mol. The molecule has 0 saturated heterocycles. The minimum atomic E-state index is -3.56. The molecule has 2 amide bonds. The van der Waals surface area contributed by atoms with Crippen molar-refractivity contribution in [2.45, 2.75) is 38.5 Å². The summed E-state index contributed by atoms with van der Waals surface area (Å²) in [7, 11) is -1.73. The third-order valence-electron chi connectivity index (χ3n) is 4.68. The van der Waals surface area contributed by atoms with Gasteiger partial charge in [-0.3, -0.25) is 9.59 Å². The lowest BCUT2D eigenvalue weighted by Gasteiger charge is -2.18. The van der Waals surface area contributed by atoms with E-state index in [-0.39, 0.29) is 29.7 Å². The summed E-state index contributed by atoms with van der Waals surface area (Å²) in [5.74, 6) is 0.198. The van der Waals surface area contributed by atoms with Gasteiger partial charge in [0, 0.05) is 39.5 Å². The highest BCUT2D eigenvalue weighted by atomic mass is 32.2.